The molecule has 1 unspecified atom stereocenters. The molecule has 6 heteroatoms. The highest BCUT2D eigenvalue weighted by atomic mass is 16.4. The lowest BCUT2D eigenvalue weighted by molar-refractivity contribution is -0.144. The number of hydrogen-bond acceptors (Lipinski definition) is 3. The highest BCUT2D eigenvalue weighted by molar-refractivity contribution is 5.78. The molecule has 0 aliphatic heterocycles. The number of rotatable bonds is 20. The van der Waals surface area contributed by atoms with Gasteiger partial charge >= 0.3 is 5.97 Å². The van der Waals surface area contributed by atoms with E-state index in [2.05, 4.69) is 12.2 Å². The van der Waals surface area contributed by atoms with Gasteiger partial charge in [-0.2, -0.15) is 0 Å². The molecular weight excluding hydrogens is 352 g/mol. The SMILES string of the molecule is CCCCCCCCCCCCCCCCC(N)(CCCNC(=N)N)C(=O)O. The van der Waals surface area contributed by atoms with E-state index in [9.17, 15) is 9.90 Å². The summed E-state index contributed by atoms with van der Waals surface area (Å²) in [6.07, 6.45) is 19.5. The maximum absolute atomic E-state index is 11.5. The fourth-order valence-electron chi connectivity index (χ4n) is 3.60. The lowest BCUT2D eigenvalue weighted by Crippen LogP contribution is -2.48. The largest absolute Gasteiger partial charge is 0.480 e. The summed E-state index contributed by atoms with van der Waals surface area (Å²) in [5, 5.41) is 19.2. The van der Waals surface area contributed by atoms with Gasteiger partial charge in [-0.05, 0) is 19.3 Å². The summed E-state index contributed by atoms with van der Waals surface area (Å²) in [4.78, 5) is 11.5. The average Bonchev–Trinajstić information content (AvgIpc) is 2.65. The molecule has 0 rings (SSSR count). The third-order valence-electron chi connectivity index (χ3n) is 5.52. The number of nitrogens with one attached hydrogen (secondary N) is 2. The van der Waals surface area contributed by atoms with Crippen molar-refractivity contribution in [1.82, 2.24) is 5.32 Å². The van der Waals surface area contributed by atoms with Gasteiger partial charge < -0.3 is 21.9 Å². The van der Waals surface area contributed by atoms with Crippen LogP contribution in [0.15, 0.2) is 0 Å². The van der Waals surface area contributed by atoms with Gasteiger partial charge in [-0.1, -0.05) is 96.8 Å². The van der Waals surface area contributed by atoms with Crippen LogP contribution in [-0.4, -0.2) is 29.1 Å². The molecule has 0 fully saturated rings. The summed E-state index contributed by atoms with van der Waals surface area (Å²) < 4.78 is 0. The van der Waals surface area contributed by atoms with Crippen LogP contribution in [0.3, 0.4) is 0 Å². The van der Waals surface area contributed by atoms with E-state index in [0.717, 1.165) is 12.8 Å². The van der Waals surface area contributed by atoms with Gasteiger partial charge in [0.05, 0.1) is 0 Å². The molecule has 0 radical (unpaired) electrons. The second kappa shape index (κ2) is 17.8. The smallest absolute Gasteiger partial charge is 0.323 e. The second-order valence-corrected chi connectivity index (χ2v) is 8.25. The number of unbranched alkanes of at least 4 members (excludes halogenated alkanes) is 13. The summed E-state index contributed by atoms with van der Waals surface area (Å²) in [5.74, 6) is -1.02. The Balaban J connectivity index is 3.57. The lowest BCUT2D eigenvalue weighted by atomic mass is 9.88. The Kier molecular flexibility index (Phi) is 16.9. The molecule has 0 heterocycles. The van der Waals surface area contributed by atoms with Gasteiger partial charge in [-0.25, -0.2) is 0 Å². The number of guanidine groups is 1. The van der Waals surface area contributed by atoms with Crippen molar-refractivity contribution >= 4 is 11.9 Å². The quantitative estimate of drug-likeness (QED) is 0.113. The number of carboxylic acids is 1. The van der Waals surface area contributed by atoms with E-state index >= 15 is 0 Å². The first-order valence-corrected chi connectivity index (χ1v) is 11.5. The third kappa shape index (κ3) is 15.7. The van der Waals surface area contributed by atoms with Crippen LogP contribution in [0.5, 0.6) is 0 Å². The van der Waals surface area contributed by atoms with Crippen molar-refractivity contribution in [1.29, 1.82) is 5.41 Å². The first-order chi connectivity index (χ1) is 13.4. The zero-order valence-corrected chi connectivity index (χ0v) is 18.2. The van der Waals surface area contributed by atoms with E-state index in [0.29, 0.717) is 25.8 Å². The molecule has 0 aromatic heterocycles. The molecule has 0 saturated heterocycles. The molecule has 0 aromatic rings. The van der Waals surface area contributed by atoms with E-state index < -0.39 is 11.5 Å². The number of nitrogens with two attached hydrogens (primary N) is 2. The second-order valence-electron chi connectivity index (χ2n) is 8.25. The van der Waals surface area contributed by atoms with Crippen molar-refractivity contribution in [2.75, 3.05) is 6.54 Å². The first-order valence-electron chi connectivity index (χ1n) is 11.5. The zero-order valence-electron chi connectivity index (χ0n) is 18.2. The molecule has 0 spiro atoms. The molecule has 166 valence electrons. The molecule has 1 atom stereocenters. The maximum atomic E-state index is 11.5. The zero-order chi connectivity index (χ0) is 21.1. The van der Waals surface area contributed by atoms with Gasteiger partial charge in [0.25, 0.3) is 0 Å². The maximum Gasteiger partial charge on any atom is 0.323 e. The van der Waals surface area contributed by atoms with Crippen molar-refractivity contribution in [3.63, 3.8) is 0 Å². The Morgan fingerprint density at radius 1 is 0.821 bits per heavy atom. The van der Waals surface area contributed by atoms with E-state index in [1.54, 1.807) is 0 Å². The molecule has 0 bridgehead atoms. The monoisotopic (exact) mass is 398 g/mol. The van der Waals surface area contributed by atoms with Crippen LogP contribution < -0.4 is 16.8 Å². The van der Waals surface area contributed by atoms with Crippen LogP contribution in [-0.2, 0) is 4.79 Å². The third-order valence-corrected chi connectivity index (χ3v) is 5.52. The van der Waals surface area contributed by atoms with Gasteiger partial charge in [0.15, 0.2) is 5.96 Å². The van der Waals surface area contributed by atoms with Gasteiger partial charge in [0.1, 0.15) is 5.54 Å². The van der Waals surface area contributed by atoms with Gasteiger partial charge in [-0.15, -0.1) is 0 Å². The Bertz CT molecular complexity index is 404. The molecule has 6 nitrogen and oxygen atoms in total. The van der Waals surface area contributed by atoms with Crippen molar-refractivity contribution in [3.05, 3.63) is 0 Å². The summed E-state index contributed by atoms with van der Waals surface area (Å²) in [7, 11) is 0. The summed E-state index contributed by atoms with van der Waals surface area (Å²) in [6.45, 7) is 2.75. The highest BCUT2D eigenvalue weighted by Gasteiger charge is 2.32. The van der Waals surface area contributed by atoms with E-state index in [-0.39, 0.29) is 5.96 Å². The molecule has 28 heavy (non-hydrogen) atoms. The minimum Gasteiger partial charge on any atom is -0.480 e. The minimum atomic E-state index is -1.16. The van der Waals surface area contributed by atoms with Crippen LogP contribution in [0, 0.1) is 5.41 Å². The van der Waals surface area contributed by atoms with Crippen molar-refractivity contribution in [3.8, 4) is 0 Å². The molecule has 7 N–H and O–H groups in total. The minimum absolute atomic E-state index is 0.0927. The number of hydrogen-bond donors (Lipinski definition) is 5. The fraction of sp³-hybridized carbons (Fsp3) is 0.909. The van der Waals surface area contributed by atoms with Gasteiger partial charge in [0, 0.05) is 6.54 Å². The molecule has 0 amide bonds. The summed E-state index contributed by atoms with van der Waals surface area (Å²) >= 11 is 0. The fourth-order valence-corrected chi connectivity index (χ4v) is 3.60. The molecule has 0 aliphatic rings. The number of carboxylic acid groups (broad SMARTS) is 1. The molecule has 0 aliphatic carbocycles. The van der Waals surface area contributed by atoms with E-state index in [1.165, 1.54) is 77.0 Å². The average molecular weight is 399 g/mol. The van der Waals surface area contributed by atoms with Crippen LogP contribution in [0.1, 0.15) is 116 Å². The topological polar surface area (TPSA) is 125 Å². The van der Waals surface area contributed by atoms with E-state index in [1.807, 2.05) is 0 Å². The van der Waals surface area contributed by atoms with Crippen molar-refractivity contribution in [2.45, 2.75) is 122 Å². The van der Waals surface area contributed by atoms with Crippen LogP contribution in [0.4, 0.5) is 0 Å². The Morgan fingerprint density at radius 3 is 1.61 bits per heavy atom. The Morgan fingerprint density at radius 2 is 1.21 bits per heavy atom. The van der Waals surface area contributed by atoms with Crippen molar-refractivity contribution in [2.24, 2.45) is 11.5 Å². The summed E-state index contributed by atoms with van der Waals surface area (Å²) in [5.41, 5.74) is 10.2. The van der Waals surface area contributed by atoms with Crippen LogP contribution >= 0.6 is 0 Å². The predicted molar refractivity (Wildman–Crippen MR) is 119 cm³/mol. The van der Waals surface area contributed by atoms with Crippen LogP contribution in [0.25, 0.3) is 0 Å². The Labute approximate surface area is 172 Å². The predicted octanol–water partition coefficient (Wildman–Crippen LogP) is 4.90. The van der Waals surface area contributed by atoms with Crippen molar-refractivity contribution < 1.29 is 9.90 Å². The molecular formula is C22H46N4O2. The Hall–Kier alpha value is -1.30. The van der Waals surface area contributed by atoms with E-state index in [4.69, 9.17) is 16.9 Å². The molecule has 0 aromatic carbocycles. The molecule has 0 saturated carbocycles. The number of carbonyl (C=O) groups is 1. The van der Waals surface area contributed by atoms with Crippen LogP contribution in [0.2, 0.25) is 0 Å². The van der Waals surface area contributed by atoms with Gasteiger partial charge in [0.2, 0.25) is 0 Å². The number of aliphatic carboxylic acids is 1. The summed E-state index contributed by atoms with van der Waals surface area (Å²) in [6, 6.07) is 0. The standard InChI is InChI=1S/C22H46N4O2/c1-2-3-4-5-6-7-8-9-10-11-12-13-14-15-17-22(25,20(27)28)18-16-19-26-21(23)24/h2-19,25H2,1H3,(H,27,28)(H4,23,24,26). The lowest BCUT2D eigenvalue weighted by Gasteiger charge is -2.24. The van der Waals surface area contributed by atoms with Gasteiger partial charge in [-0.3, -0.25) is 10.2 Å². The first kappa shape index (κ1) is 26.7. The normalized spacial score (nSPS) is 13.2. The highest BCUT2D eigenvalue weighted by Crippen LogP contribution is 2.20.